The number of benzene rings is 2. The van der Waals surface area contributed by atoms with Crippen molar-refractivity contribution in [1.29, 1.82) is 0 Å². The highest BCUT2D eigenvalue weighted by atomic mass is 16.5. The molecule has 1 spiro atoms. The number of carbonyl (C=O) groups is 3. The van der Waals surface area contributed by atoms with Crippen LogP contribution in [0, 0.1) is 23.7 Å². The first kappa shape index (κ1) is 36.3. The standard InChI is InChI=1S/C40H54N4O5/c1-9-22-42(25-29-16-14-13-15-17-29)36(46)33-34-37(47)44(32(26-45)27(5)6)35(40(34)24-28(7)39(33,8)49-40)38(48)43(23-10-2)31-20-18-30(19-21-31)41(11-3)12-4/h9-10,13-21,27-28,32-35,45H,1-2,11-12,22-26H2,3-8H3/t28?,32-,33+,34-,35?,39-,40?/m0/s1. The number of hydrogen-bond acceptors (Lipinski definition) is 6. The first-order valence-corrected chi connectivity index (χ1v) is 17.8. The molecule has 2 aromatic rings. The lowest BCUT2D eigenvalue weighted by Gasteiger charge is -2.40. The molecule has 1 N–H and O–H groups in total. The molecule has 9 heteroatoms. The summed E-state index contributed by atoms with van der Waals surface area (Å²) in [7, 11) is 0. The zero-order valence-electron chi connectivity index (χ0n) is 30.0. The van der Waals surface area contributed by atoms with Gasteiger partial charge in [0.2, 0.25) is 11.8 Å². The summed E-state index contributed by atoms with van der Waals surface area (Å²) >= 11 is 0. The molecule has 0 radical (unpaired) electrons. The van der Waals surface area contributed by atoms with Crippen LogP contribution in [-0.2, 0) is 25.7 Å². The molecule has 3 aliphatic rings. The second-order valence-corrected chi connectivity index (χ2v) is 14.4. The molecule has 3 amide bonds. The number of anilines is 2. The number of likely N-dealkylation sites (tertiary alicyclic amines) is 1. The molecular weight excluding hydrogens is 616 g/mol. The normalized spacial score (nSPS) is 27.6. The van der Waals surface area contributed by atoms with Gasteiger partial charge in [-0.1, -0.05) is 63.3 Å². The minimum atomic E-state index is -1.25. The molecule has 3 unspecified atom stereocenters. The maximum absolute atomic E-state index is 15.2. The van der Waals surface area contributed by atoms with Crippen molar-refractivity contribution < 1.29 is 24.2 Å². The molecule has 49 heavy (non-hydrogen) atoms. The van der Waals surface area contributed by atoms with Gasteiger partial charge in [0.15, 0.2) is 0 Å². The van der Waals surface area contributed by atoms with Crippen LogP contribution >= 0.6 is 0 Å². The Hall–Kier alpha value is -3.95. The van der Waals surface area contributed by atoms with Crippen molar-refractivity contribution in [3.63, 3.8) is 0 Å². The first-order valence-electron chi connectivity index (χ1n) is 17.8. The van der Waals surface area contributed by atoms with Gasteiger partial charge in [-0.05, 0) is 68.9 Å². The number of aliphatic hydroxyl groups excluding tert-OH is 1. The number of amides is 3. The molecule has 3 heterocycles. The molecule has 5 rings (SSSR count). The van der Waals surface area contributed by atoms with E-state index in [2.05, 4.69) is 31.9 Å². The maximum Gasteiger partial charge on any atom is 0.253 e. The van der Waals surface area contributed by atoms with Crippen LogP contribution in [0.1, 0.15) is 53.5 Å². The van der Waals surface area contributed by atoms with Crippen LogP contribution in [0.15, 0.2) is 79.9 Å². The number of nitrogens with zero attached hydrogens (tertiary/aromatic N) is 4. The van der Waals surface area contributed by atoms with E-state index in [0.717, 1.165) is 24.3 Å². The first-order chi connectivity index (χ1) is 23.4. The molecule has 7 atom stereocenters. The largest absolute Gasteiger partial charge is 0.394 e. The highest BCUT2D eigenvalue weighted by Gasteiger charge is 2.80. The Balaban J connectivity index is 1.61. The van der Waals surface area contributed by atoms with Crippen molar-refractivity contribution >= 4 is 29.1 Å². The van der Waals surface area contributed by atoms with Gasteiger partial charge >= 0.3 is 0 Å². The molecule has 3 fully saturated rings. The van der Waals surface area contributed by atoms with Gasteiger partial charge in [0, 0.05) is 44.1 Å². The average molecular weight is 671 g/mol. The Kier molecular flexibility index (Phi) is 10.7. The predicted octanol–water partition coefficient (Wildman–Crippen LogP) is 5.29. The monoisotopic (exact) mass is 670 g/mol. The fraction of sp³-hybridized carbons (Fsp3) is 0.525. The molecule has 3 saturated heterocycles. The van der Waals surface area contributed by atoms with Gasteiger partial charge in [0.05, 0.1) is 30.1 Å². The van der Waals surface area contributed by atoms with Gasteiger partial charge in [-0.15, -0.1) is 13.2 Å². The number of ether oxygens (including phenoxy) is 1. The molecule has 3 aliphatic heterocycles. The van der Waals surface area contributed by atoms with Crippen LogP contribution in [0.4, 0.5) is 11.4 Å². The Morgan fingerprint density at radius 1 is 1.00 bits per heavy atom. The molecule has 9 nitrogen and oxygen atoms in total. The van der Waals surface area contributed by atoms with Gasteiger partial charge in [-0.2, -0.15) is 0 Å². The number of fused-ring (bicyclic) bond motifs is 1. The molecule has 0 saturated carbocycles. The summed E-state index contributed by atoms with van der Waals surface area (Å²) in [6, 6.07) is 15.9. The van der Waals surface area contributed by atoms with Crippen LogP contribution in [0.3, 0.4) is 0 Å². The van der Waals surface area contributed by atoms with Crippen molar-refractivity contribution in [1.82, 2.24) is 9.80 Å². The lowest BCUT2D eigenvalue weighted by atomic mass is 9.62. The van der Waals surface area contributed by atoms with E-state index in [1.807, 2.05) is 82.3 Å². The molecule has 0 aromatic heterocycles. The van der Waals surface area contributed by atoms with Crippen LogP contribution in [0.25, 0.3) is 0 Å². The van der Waals surface area contributed by atoms with E-state index in [9.17, 15) is 14.7 Å². The topological polar surface area (TPSA) is 93.6 Å². The van der Waals surface area contributed by atoms with Crippen LogP contribution in [0.2, 0.25) is 0 Å². The quantitative estimate of drug-likeness (QED) is 0.259. The molecule has 0 aliphatic carbocycles. The summed E-state index contributed by atoms with van der Waals surface area (Å²) < 4.78 is 7.05. The summed E-state index contributed by atoms with van der Waals surface area (Å²) in [4.78, 5) is 52.1. The summed E-state index contributed by atoms with van der Waals surface area (Å²) in [6.45, 7) is 22.2. The van der Waals surface area contributed by atoms with E-state index >= 15 is 4.79 Å². The van der Waals surface area contributed by atoms with Crippen molar-refractivity contribution in [2.75, 3.05) is 42.6 Å². The summed E-state index contributed by atoms with van der Waals surface area (Å²) in [5, 5.41) is 10.7. The van der Waals surface area contributed by atoms with Gasteiger partial charge in [-0.3, -0.25) is 14.4 Å². The maximum atomic E-state index is 15.2. The highest BCUT2D eigenvalue weighted by molar-refractivity contribution is 6.05. The number of rotatable bonds is 15. The van der Waals surface area contributed by atoms with Crippen LogP contribution in [0.5, 0.6) is 0 Å². The third-order valence-corrected chi connectivity index (χ3v) is 11.3. The number of aliphatic hydroxyl groups is 1. The third kappa shape index (κ3) is 6.09. The lowest BCUT2D eigenvalue weighted by Crippen LogP contribution is -2.60. The van der Waals surface area contributed by atoms with Crippen LogP contribution in [-0.4, -0.2) is 88.7 Å². The van der Waals surface area contributed by atoms with Crippen molar-refractivity contribution in [2.45, 2.75) is 77.8 Å². The fourth-order valence-electron chi connectivity index (χ4n) is 8.73. The number of hydrogen-bond donors (Lipinski definition) is 1. The second kappa shape index (κ2) is 14.5. The SMILES string of the molecule is C=CCN(Cc1ccccc1)C(=O)[C@H]1[C@H]2C(=O)N([C@@H](CO)C(C)C)C(C(=O)N(CC=C)c3ccc(N(CC)CC)cc3)C23CC(C)[C@]1(C)O3. The molecule has 2 bridgehead atoms. The Morgan fingerprint density at radius 2 is 1.61 bits per heavy atom. The summed E-state index contributed by atoms with van der Waals surface area (Å²) in [6.07, 6.45) is 3.82. The van der Waals surface area contributed by atoms with E-state index in [-0.39, 0.29) is 42.7 Å². The van der Waals surface area contributed by atoms with E-state index in [0.29, 0.717) is 25.2 Å². The third-order valence-electron chi connectivity index (χ3n) is 11.3. The molecule has 264 valence electrons. The molecule has 2 aromatic carbocycles. The van der Waals surface area contributed by atoms with Gasteiger partial charge in [0.1, 0.15) is 11.6 Å². The van der Waals surface area contributed by atoms with E-state index in [1.54, 1.807) is 26.9 Å². The Bertz CT molecular complexity index is 1520. The second-order valence-electron chi connectivity index (χ2n) is 14.4. The summed E-state index contributed by atoms with van der Waals surface area (Å²) in [5.74, 6) is -2.78. The zero-order valence-corrected chi connectivity index (χ0v) is 30.0. The van der Waals surface area contributed by atoms with E-state index in [4.69, 9.17) is 4.74 Å². The van der Waals surface area contributed by atoms with Crippen molar-refractivity contribution in [3.05, 3.63) is 85.5 Å². The van der Waals surface area contributed by atoms with Crippen molar-refractivity contribution in [2.24, 2.45) is 23.7 Å². The Labute approximate surface area is 292 Å². The van der Waals surface area contributed by atoms with Gasteiger partial charge in [-0.25, -0.2) is 0 Å². The van der Waals surface area contributed by atoms with Gasteiger partial charge in [0.25, 0.3) is 5.91 Å². The van der Waals surface area contributed by atoms with Crippen molar-refractivity contribution in [3.8, 4) is 0 Å². The smallest absolute Gasteiger partial charge is 0.253 e. The number of carbonyl (C=O) groups excluding carboxylic acids is 3. The molecular formula is C40H54N4O5. The van der Waals surface area contributed by atoms with E-state index < -0.39 is 35.1 Å². The zero-order chi connectivity index (χ0) is 35.7. The van der Waals surface area contributed by atoms with Gasteiger partial charge < -0.3 is 29.4 Å². The minimum absolute atomic E-state index is 0.115. The Morgan fingerprint density at radius 3 is 2.16 bits per heavy atom. The average Bonchev–Trinajstić information content (AvgIpc) is 3.61. The fourth-order valence-corrected chi connectivity index (χ4v) is 8.73. The highest BCUT2D eigenvalue weighted by Crippen LogP contribution is 2.66. The summed E-state index contributed by atoms with van der Waals surface area (Å²) in [5.41, 5.74) is 0.473. The predicted molar refractivity (Wildman–Crippen MR) is 194 cm³/mol. The van der Waals surface area contributed by atoms with Crippen LogP contribution < -0.4 is 9.80 Å². The minimum Gasteiger partial charge on any atom is -0.394 e. The lowest BCUT2D eigenvalue weighted by molar-refractivity contribution is -0.154. The van der Waals surface area contributed by atoms with E-state index in [1.165, 1.54) is 0 Å².